The van der Waals surface area contributed by atoms with Crippen molar-refractivity contribution in [2.24, 2.45) is 0 Å². The van der Waals surface area contributed by atoms with Gasteiger partial charge in [-0.2, -0.15) is 0 Å². The van der Waals surface area contributed by atoms with Gasteiger partial charge in [0.1, 0.15) is 0 Å². The van der Waals surface area contributed by atoms with Gasteiger partial charge in [0.25, 0.3) is 0 Å². The predicted molar refractivity (Wildman–Crippen MR) is 39.4 cm³/mol. The quantitative estimate of drug-likeness (QED) is 0.692. The SMILES string of the molecule is CCCCCC[CH2][Zr+3].[OH-].[OH-].[OH-]. The molecule has 4 heteroatoms. The van der Waals surface area contributed by atoms with Crippen molar-refractivity contribution in [1.29, 1.82) is 0 Å². The summed E-state index contributed by atoms with van der Waals surface area (Å²) in [6.07, 6.45) is 7.22. The second-order valence-corrected chi connectivity index (χ2v) is 3.39. The van der Waals surface area contributed by atoms with Crippen LogP contribution >= 0.6 is 0 Å². The van der Waals surface area contributed by atoms with Crippen molar-refractivity contribution in [3.63, 3.8) is 0 Å². The van der Waals surface area contributed by atoms with E-state index in [4.69, 9.17) is 0 Å². The van der Waals surface area contributed by atoms with E-state index in [9.17, 15) is 0 Å². The minimum absolute atomic E-state index is 0. The van der Waals surface area contributed by atoms with Crippen LogP contribution in [-0.2, 0) is 24.7 Å². The average Bonchev–Trinajstić information content (AvgIpc) is 1.81. The van der Waals surface area contributed by atoms with Crippen molar-refractivity contribution >= 4 is 0 Å². The van der Waals surface area contributed by atoms with E-state index < -0.39 is 0 Å². The van der Waals surface area contributed by atoms with Crippen molar-refractivity contribution in [1.82, 2.24) is 0 Å². The monoisotopic (exact) mass is 240 g/mol. The van der Waals surface area contributed by atoms with E-state index in [0.29, 0.717) is 0 Å². The van der Waals surface area contributed by atoms with Crippen LogP contribution in [0, 0.1) is 0 Å². The maximum absolute atomic E-state index is 2.26. The van der Waals surface area contributed by atoms with Gasteiger partial charge in [0.2, 0.25) is 0 Å². The van der Waals surface area contributed by atoms with Crippen LogP contribution in [0.4, 0.5) is 0 Å². The molecule has 0 fully saturated rings. The molecule has 0 saturated heterocycles. The second-order valence-electron chi connectivity index (χ2n) is 2.16. The van der Waals surface area contributed by atoms with E-state index >= 15 is 0 Å². The molecule has 0 atom stereocenters. The Morgan fingerprint density at radius 1 is 0.818 bits per heavy atom. The second kappa shape index (κ2) is 22.4. The number of unbranched alkanes of at least 4 members (excludes halogenated alkanes) is 4. The molecule has 3 nitrogen and oxygen atoms in total. The van der Waals surface area contributed by atoms with Crippen molar-refractivity contribution in [2.45, 2.75) is 43.2 Å². The van der Waals surface area contributed by atoms with Crippen molar-refractivity contribution < 1.29 is 41.1 Å². The topological polar surface area (TPSA) is 90.0 Å². The average molecular weight is 241 g/mol. The molecular weight excluding hydrogens is 223 g/mol. The van der Waals surface area contributed by atoms with Crippen LogP contribution in [0.1, 0.15) is 39.0 Å². The van der Waals surface area contributed by atoms with Crippen molar-refractivity contribution in [3.05, 3.63) is 0 Å². The van der Waals surface area contributed by atoms with Gasteiger partial charge in [-0.25, -0.2) is 0 Å². The Morgan fingerprint density at radius 2 is 1.27 bits per heavy atom. The van der Waals surface area contributed by atoms with Crippen LogP contribution in [-0.4, -0.2) is 16.4 Å². The Balaban J connectivity index is -0.0000000817. The fourth-order valence-corrected chi connectivity index (χ4v) is 1.34. The fraction of sp³-hybridized carbons (Fsp3) is 1.00. The molecule has 0 saturated carbocycles. The van der Waals surface area contributed by atoms with E-state index in [-0.39, 0.29) is 16.4 Å². The smallest absolute Gasteiger partial charge is 0.870 e. The largest absolute Gasteiger partial charge is 0.870 e. The maximum atomic E-state index is 2.26. The zero-order valence-corrected chi connectivity index (χ0v) is 9.54. The van der Waals surface area contributed by atoms with Gasteiger partial charge in [-0.3, -0.25) is 0 Å². The first-order chi connectivity index (χ1) is 3.91. The summed E-state index contributed by atoms with van der Waals surface area (Å²) >= 11 is 1.71. The van der Waals surface area contributed by atoms with Gasteiger partial charge in [-0.1, -0.05) is 0 Å². The van der Waals surface area contributed by atoms with Gasteiger partial charge in [-0.05, 0) is 0 Å². The summed E-state index contributed by atoms with van der Waals surface area (Å²) in [5.41, 5.74) is 0. The molecule has 0 bridgehead atoms. The molecular formula is C7H18O3Zr. The minimum atomic E-state index is 0. The van der Waals surface area contributed by atoms with E-state index in [2.05, 4.69) is 6.92 Å². The van der Waals surface area contributed by atoms with Gasteiger partial charge in [0.05, 0.1) is 0 Å². The fourth-order valence-electron chi connectivity index (χ4n) is 0.729. The van der Waals surface area contributed by atoms with Crippen molar-refractivity contribution in [3.8, 4) is 0 Å². The number of rotatable bonds is 5. The van der Waals surface area contributed by atoms with Crippen LogP contribution in [0.15, 0.2) is 0 Å². The van der Waals surface area contributed by atoms with E-state index in [1.165, 1.54) is 36.2 Å². The summed E-state index contributed by atoms with van der Waals surface area (Å²) in [5.74, 6) is 0. The summed E-state index contributed by atoms with van der Waals surface area (Å²) in [6, 6.07) is 0. The Labute approximate surface area is 84.3 Å². The number of hydrogen-bond donors (Lipinski definition) is 0. The molecule has 0 aromatic carbocycles. The first kappa shape index (κ1) is 22.6. The van der Waals surface area contributed by atoms with Gasteiger partial charge >= 0.3 is 67.9 Å². The zero-order valence-electron chi connectivity index (χ0n) is 7.08. The Bertz CT molecular complexity index is 38.7. The standard InChI is InChI=1S/C7H15.3H2O.Zr/c1-3-5-7-6-4-2;;;;/h1,3-7H2,2H3;3*1H2;/q;;;;+3/p-3. The van der Waals surface area contributed by atoms with Gasteiger partial charge < -0.3 is 16.4 Å². The van der Waals surface area contributed by atoms with E-state index in [1.54, 1.807) is 24.7 Å². The third-order valence-corrected chi connectivity index (χ3v) is 2.15. The summed E-state index contributed by atoms with van der Waals surface area (Å²) in [4.78, 5) is 0. The normalized spacial score (nSPS) is 7.18. The van der Waals surface area contributed by atoms with Crippen LogP contribution in [0.3, 0.4) is 0 Å². The minimum Gasteiger partial charge on any atom is -0.870 e. The summed E-state index contributed by atoms with van der Waals surface area (Å²) in [5, 5.41) is 0. The Morgan fingerprint density at radius 3 is 1.64 bits per heavy atom. The molecule has 0 aliphatic carbocycles. The molecule has 3 N–H and O–H groups in total. The first-order valence-corrected chi connectivity index (χ1v) is 5.30. The van der Waals surface area contributed by atoms with E-state index in [0.717, 1.165) is 0 Å². The molecule has 0 aliphatic heterocycles. The number of hydrogen-bond acceptors (Lipinski definition) is 3. The molecule has 0 rings (SSSR count). The summed E-state index contributed by atoms with van der Waals surface area (Å²) < 4.78 is 1.45. The third kappa shape index (κ3) is 24.9. The molecule has 0 heterocycles. The Hall–Kier alpha value is 0.763. The molecule has 0 aromatic rings. The van der Waals surface area contributed by atoms with Crippen LogP contribution in [0.25, 0.3) is 0 Å². The first-order valence-electron chi connectivity index (χ1n) is 3.56. The van der Waals surface area contributed by atoms with Gasteiger partial charge in [0.15, 0.2) is 0 Å². The molecule has 0 aromatic heterocycles. The molecule has 0 radical (unpaired) electrons. The van der Waals surface area contributed by atoms with Crippen LogP contribution < -0.4 is 0 Å². The molecule has 68 valence electrons. The molecule has 0 amide bonds. The third-order valence-electron chi connectivity index (χ3n) is 1.28. The van der Waals surface area contributed by atoms with Gasteiger partial charge in [-0.15, -0.1) is 0 Å². The zero-order chi connectivity index (χ0) is 6.24. The molecule has 0 unspecified atom stereocenters. The molecule has 11 heavy (non-hydrogen) atoms. The maximum Gasteiger partial charge on any atom is -0.870 e. The summed E-state index contributed by atoms with van der Waals surface area (Å²) in [7, 11) is 0. The molecule has 0 spiro atoms. The van der Waals surface area contributed by atoms with Gasteiger partial charge in [0, 0.05) is 0 Å². The Kier molecular flexibility index (Phi) is 46.1. The molecule has 0 aliphatic rings. The van der Waals surface area contributed by atoms with Crippen molar-refractivity contribution in [2.75, 3.05) is 0 Å². The van der Waals surface area contributed by atoms with E-state index in [1.807, 2.05) is 0 Å². The van der Waals surface area contributed by atoms with Crippen LogP contribution in [0.5, 0.6) is 0 Å². The summed E-state index contributed by atoms with van der Waals surface area (Å²) in [6.45, 7) is 2.26. The predicted octanol–water partition coefficient (Wildman–Crippen LogP) is 2.39. The van der Waals surface area contributed by atoms with Crippen LogP contribution in [0.2, 0.25) is 4.13 Å².